The smallest absolute Gasteiger partial charge is 0.148 e. The number of nitrogens with zero attached hydrogens (tertiary/aromatic N) is 3. The highest BCUT2D eigenvalue weighted by Crippen LogP contribution is 2.25. The van der Waals surface area contributed by atoms with Crippen LogP contribution in [-0.4, -0.2) is 41.0 Å². The van der Waals surface area contributed by atoms with Crippen molar-refractivity contribution in [3.05, 3.63) is 11.4 Å². The molecule has 2 rings (SSSR count). The topological polar surface area (TPSA) is 79.1 Å². The molecule has 4 N–H and O–H groups in total. The van der Waals surface area contributed by atoms with Crippen LogP contribution in [0.15, 0.2) is 0 Å². The fourth-order valence-corrected chi connectivity index (χ4v) is 1.99. The van der Waals surface area contributed by atoms with Crippen LogP contribution in [0.25, 0.3) is 0 Å². The molecule has 0 amide bonds. The normalized spacial score (nSPS) is 14.9. The molecule has 0 spiro atoms. The van der Waals surface area contributed by atoms with Crippen LogP contribution in [0.1, 0.15) is 24.2 Å². The van der Waals surface area contributed by atoms with Gasteiger partial charge in [0.05, 0.1) is 0 Å². The summed E-state index contributed by atoms with van der Waals surface area (Å²) >= 11 is 0. The average molecular weight is 250 g/mol. The van der Waals surface area contributed by atoms with Gasteiger partial charge in [-0.25, -0.2) is 15.8 Å². The molecular weight excluding hydrogens is 228 g/mol. The molecule has 18 heavy (non-hydrogen) atoms. The van der Waals surface area contributed by atoms with E-state index in [1.807, 2.05) is 13.8 Å². The molecule has 1 aromatic rings. The summed E-state index contributed by atoms with van der Waals surface area (Å²) in [7, 11) is 2.17. The lowest BCUT2D eigenvalue weighted by atomic mass is 10.3. The summed E-state index contributed by atoms with van der Waals surface area (Å²) in [5, 5.41) is 3.35. The lowest BCUT2D eigenvalue weighted by Gasteiger charge is -2.17. The first kappa shape index (κ1) is 13.0. The molecule has 0 unspecified atom stereocenters. The standard InChI is InChI=1S/C12H22N6/c1-8-11(15-9(2)16-12(8)17-13)14-6-7-18(3)10-4-5-10/h10H,4-7,13H2,1-3H3,(H2,14,15,16,17). The van der Waals surface area contributed by atoms with Crippen LogP contribution in [0, 0.1) is 13.8 Å². The molecule has 0 saturated heterocycles. The van der Waals surface area contributed by atoms with Crippen LogP contribution >= 0.6 is 0 Å². The second-order valence-corrected chi connectivity index (χ2v) is 4.88. The third-order valence-electron chi connectivity index (χ3n) is 3.32. The molecular formula is C12H22N6. The summed E-state index contributed by atoms with van der Waals surface area (Å²) < 4.78 is 0. The van der Waals surface area contributed by atoms with Crippen LogP contribution in [0.5, 0.6) is 0 Å². The van der Waals surface area contributed by atoms with Crippen molar-refractivity contribution in [2.24, 2.45) is 5.84 Å². The third kappa shape index (κ3) is 3.08. The highest BCUT2D eigenvalue weighted by Gasteiger charge is 2.25. The summed E-state index contributed by atoms with van der Waals surface area (Å²) in [5.41, 5.74) is 3.56. The maximum atomic E-state index is 5.44. The fourth-order valence-electron chi connectivity index (χ4n) is 1.99. The van der Waals surface area contributed by atoms with Crippen molar-refractivity contribution in [2.45, 2.75) is 32.7 Å². The Kier molecular flexibility index (Phi) is 3.98. The average Bonchev–Trinajstić information content (AvgIpc) is 3.16. The first-order valence-electron chi connectivity index (χ1n) is 6.37. The number of anilines is 2. The number of hydrogen-bond acceptors (Lipinski definition) is 6. The molecule has 6 heteroatoms. The van der Waals surface area contributed by atoms with Crippen LogP contribution in [-0.2, 0) is 0 Å². The van der Waals surface area contributed by atoms with Crippen molar-refractivity contribution in [3.8, 4) is 0 Å². The van der Waals surface area contributed by atoms with E-state index in [0.29, 0.717) is 11.6 Å². The van der Waals surface area contributed by atoms with Crippen molar-refractivity contribution in [1.82, 2.24) is 14.9 Å². The Morgan fingerprint density at radius 3 is 2.56 bits per heavy atom. The van der Waals surface area contributed by atoms with Gasteiger partial charge in [0.25, 0.3) is 0 Å². The summed E-state index contributed by atoms with van der Waals surface area (Å²) in [4.78, 5) is 11.0. The van der Waals surface area contributed by atoms with Gasteiger partial charge >= 0.3 is 0 Å². The van der Waals surface area contributed by atoms with Crippen molar-refractivity contribution >= 4 is 11.6 Å². The second kappa shape index (κ2) is 5.49. The van der Waals surface area contributed by atoms with E-state index in [9.17, 15) is 0 Å². The summed E-state index contributed by atoms with van der Waals surface area (Å²) in [6, 6.07) is 0.793. The third-order valence-corrected chi connectivity index (χ3v) is 3.32. The minimum Gasteiger partial charge on any atom is -0.368 e. The molecule has 0 aromatic carbocycles. The number of nitrogens with one attached hydrogen (secondary N) is 2. The first-order chi connectivity index (χ1) is 8.61. The predicted octanol–water partition coefficient (Wildman–Crippen LogP) is 0.885. The first-order valence-corrected chi connectivity index (χ1v) is 6.37. The largest absolute Gasteiger partial charge is 0.368 e. The van der Waals surface area contributed by atoms with E-state index >= 15 is 0 Å². The van der Waals surface area contributed by atoms with Crippen LogP contribution in [0.4, 0.5) is 11.6 Å². The molecule has 0 bridgehead atoms. The van der Waals surface area contributed by atoms with E-state index in [0.717, 1.165) is 30.5 Å². The second-order valence-electron chi connectivity index (χ2n) is 4.88. The van der Waals surface area contributed by atoms with Gasteiger partial charge in [0.15, 0.2) is 0 Å². The lowest BCUT2D eigenvalue weighted by molar-refractivity contribution is 0.337. The molecule has 1 heterocycles. The number of likely N-dealkylation sites (N-methyl/N-ethyl adjacent to an activating group) is 1. The van der Waals surface area contributed by atoms with E-state index in [2.05, 4.69) is 32.7 Å². The quantitative estimate of drug-likeness (QED) is 0.514. The number of hydrazine groups is 1. The number of nitrogen functional groups attached to an aromatic ring is 1. The van der Waals surface area contributed by atoms with Gasteiger partial charge in [-0.05, 0) is 33.7 Å². The summed E-state index contributed by atoms with van der Waals surface area (Å²) in [6.45, 7) is 5.73. The molecule has 6 nitrogen and oxygen atoms in total. The molecule has 1 fully saturated rings. The summed E-state index contributed by atoms with van der Waals surface area (Å²) in [6.07, 6.45) is 2.67. The van der Waals surface area contributed by atoms with Crippen molar-refractivity contribution in [2.75, 3.05) is 30.9 Å². The Balaban J connectivity index is 1.93. The van der Waals surface area contributed by atoms with Crippen molar-refractivity contribution < 1.29 is 0 Å². The Labute approximate surface area is 108 Å². The van der Waals surface area contributed by atoms with Gasteiger partial charge in [-0.3, -0.25) is 0 Å². The molecule has 1 saturated carbocycles. The number of aromatic nitrogens is 2. The Hall–Kier alpha value is -1.40. The highest BCUT2D eigenvalue weighted by molar-refractivity contribution is 5.56. The fraction of sp³-hybridized carbons (Fsp3) is 0.667. The van der Waals surface area contributed by atoms with Gasteiger partial charge in [-0.1, -0.05) is 0 Å². The van der Waals surface area contributed by atoms with E-state index in [1.54, 1.807) is 0 Å². The van der Waals surface area contributed by atoms with Crippen LogP contribution < -0.4 is 16.6 Å². The van der Waals surface area contributed by atoms with Gasteiger partial charge in [-0.2, -0.15) is 0 Å². The molecule has 1 aromatic heterocycles. The van der Waals surface area contributed by atoms with E-state index < -0.39 is 0 Å². The van der Waals surface area contributed by atoms with Gasteiger partial charge in [0, 0.05) is 24.7 Å². The van der Waals surface area contributed by atoms with E-state index in [-0.39, 0.29) is 0 Å². The minimum absolute atomic E-state index is 0.681. The Morgan fingerprint density at radius 2 is 1.94 bits per heavy atom. The monoisotopic (exact) mass is 250 g/mol. The van der Waals surface area contributed by atoms with Gasteiger partial charge in [-0.15, -0.1) is 0 Å². The van der Waals surface area contributed by atoms with E-state index in [1.165, 1.54) is 12.8 Å². The maximum absolute atomic E-state index is 5.44. The summed E-state index contributed by atoms with van der Waals surface area (Å²) in [5.74, 6) is 7.69. The molecule has 100 valence electrons. The van der Waals surface area contributed by atoms with E-state index in [4.69, 9.17) is 5.84 Å². The Morgan fingerprint density at radius 1 is 1.28 bits per heavy atom. The zero-order chi connectivity index (χ0) is 13.1. The number of rotatable bonds is 6. The Bertz CT molecular complexity index is 415. The van der Waals surface area contributed by atoms with Gasteiger partial charge in [0.2, 0.25) is 0 Å². The number of nitrogens with two attached hydrogens (primary N) is 1. The predicted molar refractivity (Wildman–Crippen MR) is 73.5 cm³/mol. The molecule has 0 aliphatic heterocycles. The molecule has 0 radical (unpaired) electrons. The van der Waals surface area contributed by atoms with Crippen molar-refractivity contribution in [1.29, 1.82) is 0 Å². The maximum Gasteiger partial charge on any atom is 0.148 e. The SMILES string of the molecule is Cc1nc(NN)c(C)c(NCCN(C)C2CC2)n1. The molecule has 1 aliphatic carbocycles. The highest BCUT2D eigenvalue weighted by atomic mass is 15.3. The minimum atomic E-state index is 0.681. The molecule has 1 aliphatic rings. The van der Waals surface area contributed by atoms with Gasteiger partial charge < -0.3 is 15.6 Å². The number of hydrogen-bond donors (Lipinski definition) is 3. The van der Waals surface area contributed by atoms with Crippen LogP contribution in [0.3, 0.4) is 0 Å². The zero-order valence-electron chi connectivity index (χ0n) is 11.3. The van der Waals surface area contributed by atoms with Crippen LogP contribution in [0.2, 0.25) is 0 Å². The van der Waals surface area contributed by atoms with Crippen molar-refractivity contribution in [3.63, 3.8) is 0 Å². The molecule has 0 atom stereocenters. The zero-order valence-corrected chi connectivity index (χ0v) is 11.3. The lowest BCUT2D eigenvalue weighted by Crippen LogP contribution is -2.27. The number of aryl methyl sites for hydroxylation is 1. The van der Waals surface area contributed by atoms with Gasteiger partial charge in [0.1, 0.15) is 17.5 Å².